The number of nitrogens with one attached hydrogen (secondary N) is 1. The third kappa shape index (κ3) is 3.34. The predicted molar refractivity (Wildman–Crippen MR) is 86.8 cm³/mol. The van der Waals surface area contributed by atoms with Crippen LogP contribution < -0.4 is 11.1 Å². The predicted octanol–water partition coefficient (Wildman–Crippen LogP) is 2.97. The molecule has 112 valence electrons. The highest BCUT2D eigenvalue weighted by Gasteiger charge is 2.13. The van der Waals surface area contributed by atoms with Gasteiger partial charge in [-0.3, -0.25) is 4.79 Å². The lowest BCUT2D eigenvalue weighted by Crippen LogP contribution is -2.25. The van der Waals surface area contributed by atoms with Gasteiger partial charge in [-0.15, -0.1) is 16.4 Å². The van der Waals surface area contributed by atoms with Gasteiger partial charge in [-0.1, -0.05) is 22.0 Å². The number of anilines is 1. The summed E-state index contributed by atoms with van der Waals surface area (Å²) >= 11 is 4.72. The monoisotopic (exact) mass is 379 g/mol. The van der Waals surface area contributed by atoms with Crippen molar-refractivity contribution in [2.45, 2.75) is 6.54 Å². The number of halogens is 1. The zero-order valence-corrected chi connectivity index (χ0v) is 13.6. The smallest absolute Gasteiger partial charge is 0.387 e. The second-order valence-corrected chi connectivity index (χ2v) is 6.23. The fourth-order valence-electron chi connectivity index (χ4n) is 1.78. The van der Waals surface area contributed by atoms with Crippen LogP contribution in [0.15, 0.2) is 55.5 Å². The fraction of sp³-hybridized carbons (Fsp3) is 0.0714. The van der Waals surface area contributed by atoms with Crippen LogP contribution in [0.2, 0.25) is 0 Å². The van der Waals surface area contributed by atoms with E-state index in [0.717, 1.165) is 14.0 Å². The number of thiophene rings is 1. The summed E-state index contributed by atoms with van der Waals surface area (Å²) in [5, 5.41) is 8.57. The van der Waals surface area contributed by atoms with Crippen LogP contribution in [0.25, 0.3) is 10.8 Å². The van der Waals surface area contributed by atoms with Gasteiger partial charge in [0.25, 0.3) is 5.89 Å². The molecule has 8 heteroatoms. The number of carbonyl (C=O) groups excluding carboxylic acids is 1. The zero-order chi connectivity index (χ0) is 15.5. The van der Waals surface area contributed by atoms with Crippen molar-refractivity contribution in [2.75, 3.05) is 5.32 Å². The Balaban J connectivity index is 1.71. The van der Waals surface area contributed by atoms with Gasteiger partial charge in [-0.25, -0.2) is 4.79 Å². The van der Waals surface area contributed by atoms with Crippen LogP contribution in [0.3, 0.4) is 0 Å². The first-order valence-corrected chi connectivity index (χ1v) is 7.96. The summed E-state index contributed by atoms with van der Waals surface area (Å²) in [6.45, 7) is -0.205. The van der Waals surface area contributed by atoms with E-state index in [4.69, 9.17) is 4.42 Å². The molecular formula is C14H10BrN3O3S. The van der Waals surface area contributed by atoms with Gasteiger partial charge in [0.15, 0.2) is 0 Å². The summed E-state index contributed by atoms with van der Waals surface area (Å²) in [5.74, 6) is -0.791. The fourth-order valence-corrected chi connectivity index (χ4v) is 2.68. The van der Waals surface area contributed by atoms with Gasteiger partial charge >= 0.3 is 5.76 Å². The van der Waals surface area contributed by atoms with E-state index >= 15 is 0 Å². The number of hydrogen-bond acceptors (Lipinski definition) is 5. The molecule has 3 rings (SSSR count). The maximum atomic E-state index is 12.0. The van der Waals surface area contributed by atoms with Crippen molar-refractivity contribution in [3.8, 4) is 10.8 Å². The molecule has 0 aliphatic heterocycles. The standard InChI is InChI=1S/C14H10BrN3O3S/c15-9-3-5-10(6-4-9)16-12(19)8-18-14(20)21-13(17-18)11-2-1-7-22-11/h1-7H,8H2,(H,16,19). The Morgan fingerprint density at radius 1 is 1.32 bits per heavy atom. The molecule has 0 atom stereocenters. The summed E-state index contributed by atoms with van der Waals surface area (Å²) in [6.07, 6.45) is 0. The van der Waals surface area contributed by atoms with Crippen LogP contribution in [0.5, 0.6) is 0 Å². The highest BCUT2D eigenvalue weighted by Crippen LogP contribution is 2.21. The van der Waals surface area contributed by atoms with Crippen molar-refractivity contribution in [3.05, 3.63) is 56.8 Å². The molecule has 2 aromatic heterocycles. The van der Waals surface area contributed by atoms with Crippen LogP contribution in [-0.2, 0) is 11.3 Å². The minimum atomic E-state index is -0.658. The summed E-state index contributed by atoms with van der Waals surface area (Å²) in [4.78, 5) is 24.4. The molecule has 0 saturated heterocycles. The van der Waals surface area contributed by atoms with Gasteiger partial charge in [-0.05, 0) is 35.7 Å². The molecule has 0 unspecified atom stereocenters. The van der Waals surface area contributed by atoms with E-state index in [-0.39, 0.29) is 18.3 Å². The van der Waals surface area contributed by atoms with Crippen LogP contribution >= 0.6 is 27.3 Å². The van der Waals surface area contributed by atoms with E-state index in [1.54, 1.807) is 18.2 Å². The van der Waals surface area contributed by atoms with Gasteiger partial charge in [0.2, 0.25) is 5.91 Å². The Hall–Kier alpha value is -2.19. The van der Waals surface area contributed by atoms with E-state index < -0.39 is 5.76 Å². The first kappa shape index (κ1) is 14.7. The Morgan fingerprint density at radius 2 is 2.09 bits per heavy atom. The molecular weight excluding hydrogens is 370 g/mol. The molecule has 22 heavy (non-hydrogen) atoms. The van der Waals surface area contributed by atoms with E-state index in [2.05, 4.69) is 26.3 Å². The lowest BCUT2D eigenvalue weighted by atomic mass is 10.3. The number of rotatable bonds is 4. The quantitative estimate of drug-likeness (QED) is 0.755. The van der Waals surface area contributed by atoms with Gasteiger partial charge in [0, 0.05) is 10.2 Å². The maximum absolute atomic E-state index is 12.0. The largest absolute Gasteiger partial charge is 0.437 e. The summed E-state index contributed by atoms with van der Waals surface area (Å²) in [5.41, 5.74) is 0.642. The molecule has 1 N–H and O–H groups in total. The van der Waals surface area contributed by atoms with Crippen molar-refractivity contribution in [1.29, 1.82) is 0 Å². The van der Waals surface area contributed by atoms with Crippen LogP contribution in [0, 0.1) is 0 Å². The van der Waals surface area contributed by atoms with Gasteiger partial charge < -0.3 is 9.73 Å². The van der Waals surface area contributed by atoms with Crippen LogP contribution in [-0.4, -0.2) is 15.7 Å². The second kappa shape index (κ2) is 6.29. The van der Waals surface area contributed by atoms with Crippen molar-refractivity contribution < 1.29 is 9.21 Å². The molecule has 0 aliphatic rings. The lowest BCUT2D eigenvalue weighted by Gasteiger charge is -2.04. The number of benzene rings is 1. The zero-order valence-electron chi connectivity index (χ0n) is 11.2. The van der Waals surface area contributed by atoms with Gasteiger partial charge in [-0.2, -0.15) is 4.68 Å². The SMILES string of the molecule is O=C(Cn1nc(-c2cccs2)oc1=O)Nc1ccc(Br)cc1. The van der Waals surface area contributed by atoms with Crippen molar-refractivity contribution >= 4 is 38.9 Å². The summed E-state index contributed by atoms with van der Waals surface area (Å²) in [6, 6.07) is 10.8. The molecule has 0 spiro atoms. The van der Waals surface area contributed by atoms with Crippen LogP contribution in [0.1, 0.15) is 0 Å². The number of amides is 1. The Kier molecular flexibility index (Phi) is 4.21. The normalized spacial score (nSPS) is 10.6. The molecule has 2 heterocycles. The summed E-state index contributed by atoms with van der Waals surface area (Å²) < 4.78 is 6.97. The van der Waals surface area contributed by atoms with E-state index in [0.29, 0.717) is 5.69 Å². The molecule has 6 nitrogen and oxygen atoms in total. The summed E-state index contributed by atoms with van der Waals surface area (Å²) in [7, 11) is 0. The van der Waals surface area contributed by atoms with Crippen molar-refractivity contribution in [3.63, 3.8) is 0 Å². The van der Waals surface area contributed by atoms with E-state index in [1.807, 2.05) is 23.6 Å². The number of aromatic nitrogens is 2. The molecule has 0 aliphatic carbocycles. The number of carbonyl (C=O) groups is 1. The average molecular weight is 380 g/mol. The lowest BCUT2D eigenvalue weighted by molar-refractivity contribution is -0.117. The van der Waals surface area contributed by atoms with E-state index in [1.165, 1.54) is 11.3 Å². The molecule has 0 bridgehead atoms. The maximum Gasteiger partial charge on any atom is 0.437 e. The molecule has 0 radical (unpaired) electrons. The van der Waals surface area contributed by atoms with Crippen LogP contribution in [0.4, 0.5) is 5.69 Å². The first-order valence-electron chi connectivity index (χ1n) is 6.29. The number of nitrogens with zero attached hydrogens (tertiary/aromatic N) is 2. The highest BCUT2D eigenvalue weighted by molar-refractivity contribution is 9.10. The molecule has 1 aromatic carbocycles. The molecule has 0 fully saturated rings. The van der Waals surface area contributed by atoms with Gasteiger partial charge in [0.1, 0.15) is 6.54 Å². The Bertz CT molecular complexity index is 837. The Labute approximate surface area is 137 Å². The van der Waals surface area contributed by atoms with Gasteiger partial charge in [0.05, 0.1) is 4.88 Å². The third-order valence-corrected chi connectivity index (χ3v) is 4.15. The molecule has 3 aromatic rings. The number of hydrogen-bond donors (Lipinski definition) is 1. The highest BCUT2D eigenvalue weighted by atomic mass is 79.9. The Morgan fingerprint density at radius 3 is 2.77 bits per heavy atom. The topological polar surface area (TPSA) is 77.1 Å². The first-order chi connectivity index (χ1) is 10.6. The molecule has 1 amide bonds. The third-order valence-electron chi connectivity index (χ3n) is 2.76. The van der Waals surface area contributed by atoms with E-state index in [9.17, 15) is 9.59 Å². The second-order valence-electron chi connectivity index (χ2n) is 4.36. The van der Waals surface area contributed by atoms with Crippen molar-refractivity contribution in [1.82, 2.24) is 9.78 Å². The van der Waals surface area contributed by atoms with Crippen molar-refractivity contribution in [2.24, 2.45) is 0 Å². The minimum absolute atomic E-state index is 0.205. The molecule has 0 saturated carbocycles. The average Bonchev–Trinajstić information content (AvgIpc) is 3.12. The minimum Gasteiger partial charge on any atom is -0.387 e.